The van der Waals surface area contributed by atoms with E-state index in [2.05, 4.69) is 15.4 Å². The summed E-state index contributed by atoms with van der Waals surface area (Å²) in [5.41, 5.74) is 0.678. The van der Waals surface area contributed by atoms with E-state index in [-0.39, 0.29) is 0 Å². The lowest BCUT2D eigenvalue weighted by Crippen LogP contribution is -1.92. The van der Waals surface area contributed by atoms with Crippen LogP contribution in [0.3, 0.4) is 0 Å². The number of benzene rings is 1. The van der Waals surface area contributed by atoms with E-state index in [9.17, 15) is 4.79 Å². The molecule has 0 spiro atoms. The van der Waals surface area contributed by atoms with Crippen molar-refractivity contribution in [3.63, 3.8) is 0 Å². The second-order valence-electron chi connectivity index (χ2n) is 3.17. The van der Waals surface area contributed by atoms with Crippen molar-refractivity contribution in [2.45, 2.75) is 10.6 Å². The third-order valence-corrected chi connectivity index (χ3v) is 2.90. The lowest BCUT2D eigenvalue weighted by atomic mass is 10.2. The molecule has 0 fully saturated rings. The molecular formula is C10H10N4OS. The second-order valence-corrected chi connectivity index (χ2v) is 4.22. The first kappa shape index (κ1) is 10.8. The van der Waals surface area contributed by atoms with E-state index in [1.807, 2.05) is 18.2 Å². The van der Waals surface area contributed by atoms with Crippen LogP contribution in [0.2, 0.25) is 0 Å². The topological polar surface area (TPSA) is 60.7 Å². The molecule has 1 heterocycles. The fourth-order valence-corrected chi connectivity index (χ4v) is 2.01. The summed E-state index contributed by atoms with van der Waals surface area (Å²) in [6, 6.07) is 7.43. The van der Waals surface area contributed by atoms with Crippen molar-refractivity contribution in [3.8, 4) is 0 Å². The van der Waals surface area contributed by atoms with E-state index >= 15 is 0 Å². The molecule has 0 unspecified atom stereocenters. The molecule has 0 saturated heterocycles. The van der Waals surface area contributed by atoms with Crippen LogP contribution in [0.25, 0.3) is 0 Å². The van der Waals surface area contributed by atoms with Crippen LogP contribution in [0.15, 0.2) is 29.2 Å². The van der Waals surface area contributed by atoms with Crippen LogP contribution >= 0.6 is 11.8 Å². The molecule has 2 aromatic rings. The summed E-state index contributed by atoms with van der Waals surface area (Å²) in [7, 11) is 1.73. The Morgan fingerprint density at radius 3 is 3.06 bits per heavy atom. The first-order valence-corrected chi connectivity index (χ1v) is 5.67. The molecule has 16 heavy (non-hydrogen) atoms. The van der Waals surface area contributed by atoms with Crippen molar-refractivity contribution in [2.24, 2.45) is 7.05 Å². The maximum Gasteiger partial charge on any atom is 0.184 e. The molecule has 0 aliphatic rings. The zero-order valence-electron chi connectivity index (χ0n) is 8.70. The van der Waals surface area contributed by atoms with Crippen molar-refractivity contribution in [3.05, 3.63) is 35.7 Å². The van der Waals surface area contributed by atoms with Crippen molar-refractivity contribution in [2.75, 3.05) is 0 Å². The molecule has 2 rings (SSSR count). The quantitative estimate of drug-likeness (QED) is 0.589. The standard InChI is InChI=1S/C10H10N4OS/c1-14-12-10(11-13-14)7-16-9-4-2-3-8(5-9)6-15/h2-6H,7H2,1H3. The maximum atomic E-state index is 10.6. The summed E-state index contributed by atoms with van der Waals surface area (Å²) in [5.74, 6) is 1.33. The van der Waals surface area contributed by atoms with Gasteiger partial charge in [-0.15, -0.1) is 22.0 Å². The summed E-state index contributed by atoms with van der Waals surface area (Å²) in [6.45, 7) is 0. The van der Waals surface area contributed by atoms with Gasteiger partial charge < -0.3 is 0 Å². The number of aryl methyl sites for hydroxylation is 1. The van der Waals surface area contributed by atoms with Gasteiger partial charge in [0.25, 0.3) is 0 Å². The van der Waals surface area contributed by atoms with Crippen LogP contribution in [0.1, 0.15) is 16.2 Å². The zero-order valence-corrected chi connectivity index (χ0v) is 9.52. The number of thioether (sulfide) groups is 1. The zero-order chi connectivity index (χ0) is 11.4. The highest BCUT2D eigenvalue weighted by Gasteiger charge is 2.02. The van der Waals surface area contributed by atoms with Gasteiger partial charge in [0, 0.05) is 10.5 Å². The fourth-order valence-electron chi connectivity index (χ4n) is 1.21. The van der Waals surface area contributed by atoms with E-state index in [4.69, 9.17) is 0 Å². The molecule has 0 atom stereocenters. The van der Waals surface area contributed by atoms with Crippen LogP contribution in [0.5, 0.6) is 0 Å². The Kier molecular flexibility index (Phi) is 3.31. The van der Waals surface area contributed by atoms with Crippen LogP contribution in [-0.4, -0.2) is 26.5 Å². The van der Waals surface area contributed by atoms with Crippen molar-refractivity contribution < 1.29 is 4.79 Å². The Bertz CT molecular complexity index is 497. The molecule has 0 aliphatic carbocycles. The molecule has 0 radical (unpaired) electrons. The highest BCUT2D eigenvalue weighted by Crippen LogP contribution is 2.21. The molecule has 0 N–H and O–H groups in total. The third kappa shape index (κ3) is 2.66. The third-order valence-electron chi connectivity index (χ3n) is 1.91. The van der Waals surface area contributed by atoms with E-state index < -0.39 is 0 Å². The van der Waals surface area contributed by atoms with Gasteiger partial charge in [0.1, 0.15) is 6.29 Å². The Labute approximate surface area is 96.9 Å². The Balaban J connectivity index is 2.01. The van der Waals surface area contributed by atoms with Gasteiger partial charge in [0.15, 0.2) is 5.82 Å². The molecule has 0 aliphatic heterocycles. The highest BCUT2D eigenvalue weighted by molar-refractivity contribution is 7.98. The smallest absolute Gasteiger partial charge is 0.184 e. The Hall–Kier alpha value is -1.69. The number of aldehydes is 1. The van der Waals surface area contributed by atoms with Gasteiger partial charge in [0.05, 0.1) is 12.8 Å². The Morgan fingerprint density at radius 1 is 1.50 bits per heavy atom. The first-order valence-electron chi connectivity index (χ1n) is 4.69. The molecular weight excluding hydrogens is 224 g/mol. The lowest BCUT2D eigenvalue weighted by molar-refractivity contribution is 0.112. The number of rotatable bonds is 4. The SMILES string of the molecule is Cn1nnc(CSc2cccc(C=O)c2)n1. The minimum atomic E-state index is 0.649. The number of hydrogen-bond donors (Lipinski definition) is 0. The van der Waals surface area contributed by atoms with Gasteiger partial charge in [-0.05, 0) is 17.3 Å². The van der Waals surface area contributed by atoms with Crippen LogP contribution in [0, 0.1) is 0 Å². The molecule has 0 saturated carbocycles. The molecule has 1 aromatic carbocycles. The predicted octanol–water partition coefficient (Wildman–Crippen LogP) is 1.31. The van der Waals surface area contributed by atoms with Gasteiger partial charge in [-0.1, -0.05) is 12.1 Å². The van der Waals surface area contributed by atoms with Crippen LogP contribution in [-0.2, 0) is 12.8 Å². The van der Waals surface area contributed by atoms with Gasteiger partial charge in [-0.3, -0.25) is 4.79 Å². The summed E-state index contributed by atoms with van der Waals surface area (Å²) < 4.78 is 0. The number of carbonyl (C=O) groups is 1. The average Bonchev–Trinajstić information content (AvgIpc) is 2.73. The number of tetrazole rings is 1. The van der Waals surface area contributed by atoms with Crippen LogP contribution < -0.4 is 0 Å². The van der Waals surface area contributed by atoms with Crippen molar-refractivity contribution >= 4 is 18.0 Å². The fraction of sp³-hybridized carbons (Fsp3) is 0.200. The molecule has 6 heteroatoms. The number of nitrogens with zero attached hydrogens (tertiary/aromatic N) is 4. The summed E-state index contributed by atoms with van der Waals surface area (Å²) in [6.07, 6.45) is 0.838. The maximum absolute atomic E-state index is 10.6. The number of carbonyl (C=O) groups excluding carboxylic acids is 1. The minimum Gasteiger partial charge on any atom is -0.298 e. The first-order chi connectivity index (χ1) is 7.78. The highest BCUT2D eigenvalue weighted by atomic mass is 32.2. The van der Waals surface area contributed by atoms with E-state index in [0.29, 0.717) is 17.1 Å². The van der Waals surface area contributed by atoms with Crippen molar-refractivity contribution in [1.29, 1.82) is 0 Å². The lowest BCUT2D eigenvalue weighted by Gasteiger charge is -1.98. The normalized spacial score (nSPS) is 10.3. The molecule has 0 amide bonds. The van der Waals surface area contributed by atoms with Gasteiger partial charge in [0.2, 0.25) is 0 Å². The number of hydrogen-bond acceptors (Lipinski definition) is 5. The van der Waals surface area contributed by atoms with Gasteiger partial charge in [-0.2, -0.15) is 4.80 Å². The summed E-state index contributed by atoms with van der Waals surface area (Å²) >= 11 is 1.58. The average molecular weight is 234 g/mol. The minimum absolute atomic E-state index is 0.649. The summed E-state index contributed by atoms with van der Waals surface area (Å²) in [4.78, 5) is 13.0. The van der Waals surface area contributed by atoms with Gasteiger partial charge in [-0.25, -0.2) is 0 Å². The van der Waals surface area contributed by atoms with Crippen LogP contribution in [0.4, 0.5) is 0 Å². The largest absolute Gasteiger partial charge is 0.298 e. The summed E-state index contributed by atoms with van der Waals surface area (Å²) in [5, 5.41) is 11.7. The molecule has 5 nitrogen and oxygen atoms in total. The van der Waals surface area contributed by atoms with Crippen molar-refractivity contribution in [1.82, 2.24) is 20.2 Å². The molecule has 0 bridgehead atoms. The van der Waals surface area contributed by atoms with E-state index in [0.717, 1.165) is 11.2 Å². The van der Waals surface area contributed by atoms with Gasteiger partial charge >= 0.3 is 0 Å². The Morgan fingerprint density at radius 2 is 2.38 bits per heavy atom. The number of aromatic nitrogens is 4. The second kappa shape index (κ2) is 4.89. The molecule has 82 valence electrons. The monoisotopic (exact) mass is 234 g/mol. The predicted molar refractivity (Wildman–Crippen MR) is 60.2 cm³/mol. The molecule has 1 aromatic heterocycles. The van der Waals surface area contributed by atoms with E-state index in [1.165, 1.54) is 4.80 Å². The van der Waals surface area contributed by atoms with E-state index in [1.54, 1.807) is 24.9 Å².